The molecule has 0 amide bonds. The maximum atomic E-state index is 12.6. The van der Waals surface area contributed by atoms with E-state index in [-0.39, 0.29) is 6.61 Å². The molecule has 0 radical (unpaired) electrons. The third kappa shape index (κ3) is 3.96. The van der Waals surface area contributed by atoms with Crippen LogP contribution in [0.25, 0.3) is 0 Å². The van der Waals surface area contributed by atoms with Crippen molar-refractivity contribution in [1.29, 1.82) is 0 Å². The number of aromatic nitrogens is 1. The van der Waals surface area contributed by atoms with Crippen molar-refractivity contribution < 1.29 is 9.53 Å². The number of esters is 1. The van der Waals surface area contributed by atoms with Crippen molar-refractivity contribution in [3.63, 3.8) is 0 Å². The SMILES string of the molecule is CCOC(=O)C1=C(CBr)NC(c2nccs2)=NC1c1ccc(Cl)cc1Cl. The lowest BCUT2D eigenvalue weighted by molar-refractivity contribution is -0.138. The minimum atomic E-state index is -0.619. The Balaban J connectivity index is 2.15. The van der Waals surface area contributed by atoms with Gasteiger partial charge in [-0.2, -0.15) is 0 Å². The Hall–Kier alpha value is -1.41. The number of rotatable bonds is 5. The molecule has 1 N–H and O–H groups in total. The predicted molar refractivity (Wildman–Crippen MR) is 108 cm³/mol. The first-order chi connectivity index (χ1) is 12.5. The van der Waals surface area contributed by atoms with Gasteiger partial charge in [-0.1, -0.05) is 45.2 Å². The van der Waals surface area contributed by atoms with Gasteiger partial charge < -0.3 is 10.1 Å². The summed E-state index contributed by atoms with van der Waals surface area (Å²) < 4.78 is 5.25. The summed E-state index contributed by atoms with van der Waals surface area (Å²) in [6.45, 7) is 2.03. The fraction of sp³-hybridized carbons (Fsp3) is 0.235. The maximum absolute atomic E-state index is 12.6. The van der Waals surface area contributed by atoms with Crippen LogP contribution in [-0.2, 0) is 9.53 Å². The van der Waals surface area contributed by atoms with Crippen LogP contribution in [0.2, 0.25) is 10.0 Å². The third-order valence-electron chi connectivity index (χ3n) is 3.65. The van der Waals surface area contributed by atoms with E-state index in [2.05, 4.69) is 26.2 Å². The van der Waals surface area contributed by atoms with Gasteiger partial charge in [0.1, 0.15) is 6.04 Å². The molecule has 1 atom stereocenters. The van der Waals surface area contributed by atoms with Crippen LogP contribution >= 0.6 is 50.5 Å². The number of nitrogens with zero attached hydrogens (tertiary/aromatic N) is 2. The maximum Gasteiger partial charge on any atom is 0.338 e. The standard InChI is InChI=1S/C17H14BrCl2N3O2S/c1-2-25-17(24)13-12(8-18)22-15(16-21-5-6-26-16)23-14(13)10-4-3-9(19)7-11(10)20/h3-7,14H,2,8H2,1H3,(H,22,23). The van der Waals surface area contributed by atoms with Crippen molar-refractivity contribution in [2.45, 2.75) is 13.0 Å². The third-order valence-corrected chi connectivity index (χ3v) is 5.55. The van der Waals surface area contributed by atoms with Gasteiger partial charge in [-0.05, 0) is 19.1 Å². The van der Waals surface area contributed by atoms with Gasteiger partial charge in [0.05, 0.1) is 12.2 Å². The summed E-state index contributed by atoms with van der Waals surface area (Å²) in [4.78, 5) is 21.6. The quantitative estimate of drug-likeness (QED) is 0.501. The van der Waals surface area contributed by atoms with E-state index in [0.29, 0.717) is 38.0 Å². The molecule has 1 unspecified atom stereocenters. The Morgan fingerprint density at radius 1 is 1.42 bits per heavy atom. The smallest absolute Gasteiger partial charge is 0.338 e. The number of carbonyl (C=O) groups excluding carboxylic acids is 1. The number of hydrogen-bond acceptors (Lipinski definition) is 6. The number of allylic oxidation sites excluding steroid dienone is 1. The number of benzene rings is 1. The number of aliphatic imine (C=N–C) groups is 1. The number of carbonyl (C=O) groups is 1. The molecule has 2 heterocycles. The van der Waals surface area contributed by atoms with Crippen LogP contribution in [-0.4, -0.2) is 28.7 Å². The van der Waals surface area contributed by atoms with Crippen molar-refractivity contribution >= 4 is 62.3 Å². The molecule has 1 aliphatic rings. The molecule has 136 valence electrons. The van der Waals surface area contributed by atoms with E-state index >= 15 is 0 Å². The van der Waals surface area contributed by atoms with E-state index in [1.807, 2.05) is 5.38 Å². The summed E-state index contributed by atoms with van der Waals surface area (Å²) in [7, 11) is 0. The van der Waals surface area contributed by atoms with E-state index in [1.54, 1.807) is 31.3 Å². The fourth-order valence-electron chi connectivity index (χ4n) is 2.55. The highest BCUT2D eigenvalue weighted by atomic mass is 79.9. The molecule has 1 aromatic carbocycles. The summed E-state index contributed by atoms with van der Waals surface area (Å²) in [6, 6.07) is 4.51. The van der Waals surface area contributed by atoms with Crippen LogP contribution in [0.1, 0.15) is 23.5 Å². The van der Waals surface area contributed by atoms with Gasteiger partial charge in [0.15, 0.2) is 10.8 Å². The second-order valence-corrected chi connectivity index (χ2v) is 7.55. The zero-order valence-electron chi connectivity index (χ0n) is 13.6. The molecule has 1 aliphatic heterocycles. The molecule has 3 rings (SSSR count). The molecule has 5 nitrogen and oxygen atoms in total. The Morgan fingerprint density at radius 3 is 2.85 bits per heavy atom. The highest BCUT2D eigenvalue weighted by Gasteiger charge is 2.33. The van der Waals surface area contributed by atoms with Gasteiger partial charge in [0, 0.05) is 38.2 Å². The van der Waals surface area contributed by atoms with Crippen LogP contribution in [0.3, 0.4) is 0 Å². The number of hydrogen-bond donors (Lipinski definition) is 1. The largest absolute Gasteiger partial charge is 0.463 e. The lowest BCUT2D eigenvalue weighted by Gasteiger charge is -2.26. The van der Waals surface area contributed by atoms with Gasteiger partial charge in [0.25, 0.3) is 0 Å². The summed E-state index contributed by atoms with van der Waals surface area (Å²) >= 11 is 17.3. The highest BCUT2D eigenvalue weighted by Crippen LogP contribution is 2.37. The second kappa shape index (κ2) is 8.52. The number of alkyl halides is 1. The minimum absolute atomic E-state index is 0.266. The first-order valence-corrected chi connectivity index (χ1v) is 10.5. The van der Waals surface area contributed by atoms with Gasteiger partial charge in [-0.15, -0.1) is 11.3 Å². The zero-order chi connectivity index (χ0) is 18.7. The minimum Gasteiger partial charge on any atom is -0.463 e. The molecule has 26 heavy (non-hydrogen) atoms. The molecule has 0 spiro atoms. The number of thiazole rings is 1. The van der Waals surface area contributed by atoms with Crippen molar-refractivity contribution in [1.82, 2.24) is 10.3 Å². The van der Waals surface area contributed by atoms with Crippen molar-refractivity contribution in [3.05, 3.63) is 61.7 Å². The molecular weight excluding hydrogens is 461 g/mol. The lowest BCUT2D eigenvalue weighted by Crippen LogP contribution is -2.34. The number of halogens is 3. The lowest BCUT2D eigenvalue weighted by atomic mass is 9.96. The molecule has 9 heteroatoms. The van der Waals surface area contributed by atoms with Crippen LogP contribution in [0, 0.1) is 0 Å². The fourth-order valence-corrected chi connectivity index (χ4v) is 4.09. The molecule has 0 bridgehead atoms. The summed E-state index contributed by atoms with van der Waals surface area (Å²) in [5.74, 6) is 0.144. The van der Waals surface area contributed by atoms with Gasteiger partial charge in [-0.3, -0.25) is 4.99 Å². The monoisotopic (exact) mass is 473 g/mol. The number of ether oxygens (including phenoxy) is 1. The second-order valence-electron chi connectivity index (χ2n) is 5.25. The van der Waals surface area contributed by atoms with Crippen LogP contribution in [0.5, 0.6) is 0 Å². The van der Waals surface area contributed by atoms with E-state index in [4.69, 9.17) is 32.9 Å². The van der Waals surface area contributed by atoms with Crippen molar-refractivity contribution in [2.75, 3.05) is 11.9 Å². The molecule has 0 fully saturated rings. The van der Waals surface area contributed by atoms with Gasteiger partial charge in [-0.25, -0.2) is 9.78 Å². The average molecular weight is 475 g/mol. The first-order valence-electron chi connectivity index (χ1n) is 7.70. The van der Waals surface area contributed by atoms with E-state index in [1.165, 1.54) is 11.3 Å². The molecule has 0 saturated heterocycles. The number of nitrogens with one attached hydrogen (secondary N) is 1. The molecule has 0 aliphatic carbocycles. The van der Waals surface area contributed by atoms with E-state index < -0.39 is 12.0 Å². The molecule has 1 aromatic heterocycles. The first kappa shape index (κ1) is 19.4. The Bertz CT molecular complexity index is 884. The average Bonchev–Trinajstić information content (AvgIpc) is 3.15. The van der Waals surface area contributed by atoms with Crippen LogP contribution in [0.4, 0.5) is 0 Å². The van der Waals surface area contributed by atoms with Gasteiger partial charge >= 0.3 is 5.97 Å². The highest BCUT2D eigenvalue weighted by molar-refractivity contribution is 9.09. The zero-order valence-corrected chi connectivity index (χ0v) is 17.5. The normalized spacial score (nSPS) is 16.9. The van der Waals surface area contributed by atoms with E-state index in [0.717, 1.165) is 5.01 Å². The predicted octanol–water partition coefficient (Wildman–Crippen LogP) is 4.75. The Labute approximate surface area is 173 Å². The van der Waals surface area contributed by atoms with Crippen molar-refractivity contribution in [3.8, 4) is 0 Å². The summed E-state index contributed by atoms with van der Waals surface area (Å²) in [5, 5.41) is 7.14. The van der Waals surface area contributed by atoms with E-state index in [9.17, 15) is 4.79 Å². The van der Waals surface area contributed by atoms with Gasteiger partial charge in [0.2, 0.25) is 0 Å². The van der Waals surface area contributed by atoms with Crippen LogP contribution in [0.15, 0.2) is 46.0 Å². The topological polar surface area (TPSA) is 63.6 Å². The Morgan fingerprint density at radius 2 is 2.23 bits per heavy atom. The molecule has 2 aromatic rings. The summed E-state index contributed by atoms with van der Waals surface area (Å²) in [5.41, 5.74) is 1.75. The summed E-state index contributed by atoms with van der Waals surface area (Å²) in [6.07, 6.45) is 1.70. The number of amidine groups is 1. The molecular formula is C17H14BrCl2N3O2S. The van der Waals surface area contributed by atoms with Crippen molar-refractivity contribution in [2.24, 2.45) is 4.99 Å². The molecule has 0 saturated carbocycles. The van der Waals surface area contributed by atoms with Crippen LogP contribution < -0.4 is 5.32 Å². The Kier molecular flexibility index (Phi) is 6.34.